The summed E-state index contributed by atoms with van der Waals surface area (Å²) in [5.74, 6) is 0.191. The Morgan fingerprint density at radius 3 is 2.41 bits per heavy atom. The fourth-order valence-corrected chi connectivity index (χ4v) is 1.85. The van der Waals surface area contributed by atoms with Crippen molar-refractivity contribution >= 4 is 21.9 Å². The fourth-order valence-electron chi connectivity index (χ4n) is 1.48. The van der Waals surface area contributed by atoms with E-state index in [-0.39, 0.29) is 5.97 Å². The van der Waals surface area contributed by atoms with Crippen LogP contribution in [0.2, 0.25) is 0 Å². The predicted molar refractivity (Wildman–Crippen MR) is 70.3 cm³/mol. The molecule has 0 aliphatic carbocycles. The topological polar surface area (TPSA) is 26.3 Å². The second-order valence-electron chi connectivity index (χ2n) is 3.63. The molecular formula is C14H11BrO2. The summed E-state index contributed by atoms with van der Waals surface area (Å²) < 4.78 is 6.09. The molecule has 0 aliphatic heterocycles. The van der Waals surface area contributed by atoms with Crippen LogP contribution in [0, 0.1) is 6.92 Å². The third-order valence-corrected chi connectivity index (χ3v) is 3.06. The highest BCUT2D eigenvalue weighted by atomic mass is 79.9. The van der Waals surface area contributed by atoms with Gasteiger partial charge in [0.15, 0.2) is 0 Å². The summed E-state index contributed by atoms with van der Waals surface area (Å²) in [4.78, 5) is 11.9. The van der Waals surface area contributed by atoms with E-state index in [1.54, 1.807) is 12.1 Å². The maximum Gasteiger partial charge on any atom is 0.343 e. The van der Waals surface area contributed by atoms with Crippen LogP contribution in [0.1, 0.15) is 15.9 Å². The first-order chi connectivity index (χ1) is 8.18. The van der Waals surface area contributed by atoms with Gasteiger partial charge in [-0.25, -0.2) is 4.79 Å². The number of ether oxygens (including phenoxy) is 1. The Morgan fingerprint density at radius 1 is 1.06 bits per heavy atom. The SMILES string of the molecule is Cc1ccccc1C(=O)Oc1ccccc1Br. The summed E-state index contributed by atoms with van der Waals surface area (Å²) in [6.45, 7) is 1.89. The summed E-state index contributed by atoms with van der Waals surface area (Å²) >= 11 is 3.34. The van der Waals surface area contributed by atoms with Crippen molar-refractivity contribution in [3.8, 4) is 5.75 Å². The highest BCUT2D eigenvalue weighted by Crippen LogP contribution is 2.25. The number of carbonyl (C=O) groups is 1. The molecule has 17 heavy (non-hydrogen) atoms. The number of hydrogen-bond donors (Lipinski definition) is 0. The van der Waals surface area contributed by atoms with E-state index in [0.717, 1.165) is 10.0 Å². The predicted octanol–water partition coefficient (Wildman–Crippen LogP) is 3.98. The first-order valence-electron chi connectivity index (χ1n) is 5.21. The maximum absolute atomic E-state index is 11.9. The lowest BCUT2D eigenvalue weighted by Crippen LogP contribution is -2.10. The number of rotatable bonds is 2. The van der Waals surface area contributed by atoms with Crippen LogP contribution in [0.5, 0.6) is 5.75 Å². The molecule has 0 radical (unpaired) electrons. The standard InChI is InChI=1S/C14H11BrO2/c1-10-6-2-3-7-11(10)14(16)17-13-9-5-4-8-12(13)15/h2-9H,1H3. The average Bonchev–Trinajstić information content (AvgIpc) is 2.32. The Balaban J connectivity index is 2.24. The molecule has 0 spiro atoms. The number of carbonyl (C=O) groups excluding carboxylic acids is 1. The minimum Gasteiger partial charge on any atom is -0.422 e. The fraction of sp³-hybridized carbons (Fsp3) is 0.0714. The van der Waals surface area contributed by atoms with Crippen molar-refractivity contribution in [3.63, 3.8) is 0 Å². The molecule has 0 aliphatic rings. The van der Waals surface area contributed by atoms with Crippen LogP contribution in [0.4, 0.5) is 0 Å². The van der Waals surface area contributed by atoms with Crippen molar-refractivity contribution in [2.75, 3.05) is 0 Å². The van der Waals surface area contributed by atoms with Crippen molar-refractivity contribution < 1.29 is 9.53 Å². The van der Waals surface area contributed by atoms with E-state index in [9.17, 15) is 4.79 Å². The van der Waals surface area contributed by atoms with Crippen molar-refractivity contribution in [2.45, 2.75) is 6.92 Å². The van der Waals surface area contributed by atoms with Gasteiger partial charge in [0.25, 0.3) is 0 Å². The van der Waals surface area contributed by atoms with Crippen LogP contribution in [0.3, 0.4) is 0 Å². The molecule has 2 rings (SSSR count). The van der Waals surface area contributed by atoms with Crippen LogP contribution in [-0.4, -0.2) is 5.97 Å². The van der Waals surface area contributed by atoms with Crippen LogP contribution in [-0.2, 0) is 0 Å². The van der Waals surface area contributed by atoms with E-state index in [0.29, 0.717) is 11.3 Å². The van der Waals surface area contributed by atoms with Crippen LogP contribution in [0.25, 0.3) is 0 Å². The number of benzene rings is 2. The molecule has 0 amide bonds. The zero-order chi connectivity index (χ0) is 12.3. The summed E-state index contributed by atoms with van der Waals surface area (Å²) in [6, 6.07) is 14.6. The van der Waals surface area contributed by atoms with Gasteiger partial charge >= 0.3 is 5.97 Å². The molecule has 0 saturated heterocycles. The second-order valence-corrected chi connectivity index (χ2v) is 4.49. The molecule has 2 aromatic rings. The number of aryl methyl sites for hydroxylation is 1. The van der Waals surface area contributed by atoms with Crippen LogP contribution < -0.4 is 4.74 Å². The van der Waals surface area contributed by atoms with Gasteiger partial charge in [-0.15, -0.1) is 0 Å². The van der Waals surface area contributed by atoms with Crippen LogP contribution >= 0.6 is 15.9 Å². The van der Waals surface area contributed by atoms with Gasteiger partial charge in [0.2, 0.25) is 0 Å². The lowest BCUT2D eigenvalue weighted by Gasteiger charge is -2.07. The lowest BCUT2D eigenvalue weighted by atomic mass is 10.1. The zero-order valence-corrected chi connectivity index (χ0v) is 10.9. The van der Waals surface area contributed by atoms with Gasteiger partial charge in [-0.3, -0.25) is 0 Å². The summed E-state index contributed by atoms with van der Waals surface area (Å²) in [7, 11) is 0. The van der Waals surface area contributed by atoms with E-state index in [4.69, 9.17) is 4.74 Å². The molecule has 2 aromatic carbocycles. The summed E-state index contributed by atoms with van der Waals surface area (Å²) in [6.07, 6.45) is 0. The molecule has 0 fully saturated rings. The molecule has 0 N–H and O–H groups in total. The molecule has 0 atom stereocenters. The number of esters is 1. The minimum atomic E-state index is -0.338. The second kappa shape index (κ2) is 5.15. The van der Waals surface area contributed by atoms with Crippen molar-refractivity contribution in [3.05, 3.63) is 64.1 Å². The van der Waals surface area contributed by atoms with Gasteiger partial charge in [0.05, 0.1) is 10.0 Å². The summed E-state index contributed by atoms with van der Waals surface area (Å²) in [5.41, 5.74) is 1.49. The van der Waals surface area contributed by atoms with Crippen molar-refractivity contribution in [1.82, 2.24) is 0 Å². The van der Waals surface area contributed by atoms with E-state index in [1.165, 1.54) is 0 Å². The highest BCUT2D eigenvalue weighted by Gasteiger charge is 2.12. The average molecular weight is 291 g/mol. The molecule has 3 heteroatoms. The number of para-hydroxylation sites is 1. The van der Waals surface area contributed by atoms with E-state index in [2.05, 4.69) is 15.9 Å². The van der Waals surface area contributed by atoms with Crippen LogP contribution in [0.15, 0.2) is 53.0 Å². The van der Waals surface area contributed by atoms with Gasteiger partial charge in [0, 0.05) is 0 Å². The molecule has 0 heterocycles. The van der Waals surface area contributed by atoms with E-state index >= 15 is 0 Å². The highest BCUT2D eigenvalue weighted by molar-refractivity contribution is 9.10. The minimum absolute atomic E-state index is 0.338. The van der Waals surface area contributed by atoms with Gasteiger partial charge in [-0.2, -0.15) is 0 Å². The molecule has 0 saturated carbocycles. The van der Waals surface area contributed by atoms with Crippen molar-refractivity contribution in [1.29, 1.82) is 0 Å². The quantitative estimate of drug-likeness (QED) is 0.618. The van der Waals surface area contributed by atoms with Gasteiger partial charge in [-0.05, 0) is 46.6 Å². The van der Waals surface area contributed by atoms with Gasteiger partial charge < -0.3 is 4.74 Å². The third-order valence-electron chi connectivity index (χ3n) is 2.40. The molecule has 0 unspecified atom stereocenters. The normalized spacial score (nSPS) is 10.0. The Bertz CT molecular complexity index is 549. The lowest BCUT2D eigenvalue weighted by molar-refractivity contribution is 0.0733. The Labute approximate surface area is 108 Å². The number of hydrogen-bond acceptors (Lipinski definition) is 2. The first kappa shape index (κ1) is 11.9. The first-order valence-corrected chi connectivity index (χ1v) is 6.00. The monoisotopic (exact) mass is 290 g/mol. The van der Waals surface area contributed by atoms with E-state index in [1.807, 2.05) is 43.3 Å². The molecule has 0 aromatic heterocycles. The maximum atomic E-state index is 11.9. The Hall–Kier alpha value is -1.61. The molecule has 2 nitrogen and oxygen atoms in total. The molecule has 0 bridgehead atoms. The zero-order valence-electron chi connectivity index (χ0n) is 9.31. The third kappa shape index (κ3) is 2.74. The van der Waals surface area contributed by atoms with Crippen molar-refractivity contribution in [2.24, 2.45) is 0 Å². The van der Waals surface area contributed by atoms with Gasteiger partial charge in [-0.1, -0.05) is 30.3 Å². The molecule has 86 valence electrons. The Morgan fingerprint density at radius 2 is 1.71 bits per heavy atom. The number of halogens is 1. The van der Waals surface area contributed by atoms with E-state index < -0.39 is 0 Å². The smallest absolute Gasteiger partial charge is 0.343 e. The largest absolute Gasteiger partial charge is 0.422 e. The Kier molecular flexibility index (Phi) is 3.59. The summed E-state index contributed by atoms with van der Waals surface area (Å²) in [5, 5.41) is 0. The van der Waals surface area contributed by atoms with Gasteiger partial charge in [0.1, 0.15) is 5.75 Å². The molecular weight excluding hydrogens is 280 g/mol.